The molecule has 2 aromatic carbocycles. The lowest BCUT2D eigenvalue weighted by molar-refractivity contribution is -0.134. The van der Waals surface area contributed by atoms with Gasteiger partial charge >= 0.3 is 5.97 Å². The first kappa shape index (κ1) is 18.4. The average Bonchev–Trinajstić information content (AvgIpc) is 3.17. The summed E-state index contributed by atoms with van der Waals surface area (Å²) >= 11 is 0. The predicted molar refractivity (Wildman–Crippen MR) is 114 cm³/mol. The molecule has 1 spiro atoms. The number of fused-ring (bicyclic) bond motifs is 2. The van der Waals surface area contributed by atoms with E-state index in [0.29, 0.717) is 25.1 Å². The molecule has 31 heavy (non-hydrogen) atoms. The van der Waals surface area contributed by atoms with E-state index in [2.05, 4.69) is 29.4 Å². The number of ether oxygens (including phenoxy) is 1. The van der Waals surface area contributed by atoms with E-state index < -0.39 is 11.0 Å². The van der Waals surface area contributed by atoms with Crippen molar-refractivity contribution < 1.29 is 14.3 Å². The van der Waals surface area contributed by atoms with Crippen molar-refractivity contribution in [3.8, 4) is 11.1 Å². The standard InChI is InChI=1S/C25H23N3O3/c1-27-15-18(14-26-27)17-6-8-19(9-7-17)24(10-11-24)23(30)28-13-12-25(16-28)21-5-3-2-4-20(21)22(29)31-25/h2-9,14-15H,10-13,16H2,1H3/t25-/m0/s1. The zero-order chi connectivity index (χ0) is 21.2. The van der Waals surface area contributed by atoms with Gasteiger partial charge in [-0.1, -0.05) is 42.5 Å². The Hall–Kier alpha value is -3.41. The van der Waals surface area contributed by atoms with Gasteiger partial charge in [-0.15, -0.1) is 0 Å². The topological polar surface area (TPSA) is 64.4 Å². The normalized spacial score (nSPS) is 23.1. The summed E-state index contributed by atoms with van der Waals surface area (Å²) in [5, 5.41) is 4.23. The third-order valence-electron chi connectivity index (χ3n) is 7.08. The first-order valence-corrected chi connectivity index (χ1v) is 10.7. The zero-order valence-corrected chi connectivity index (χ0v) is 17.4. The fraction of sp³-hybridized carbons (Fsp3) is 0.320. The summed E-state index contributed by atoms with van der Waals surface area (Å²) in [5.41, 5.74) is 3.63. The second-order valence-corrected chi connectivity index (χ2v) is 8.97. The first-order valence-electron chi connectivity index (χ1n) is 10.7. The van der Waals surface area contributed by atoms with Crippen LogP contribution < -0.4 is 0 Å². The third kappa shape index (κ3) is 2.67. The number of benzene rings is 2. The molecule has 3 heterocycles. The predicted octanol–water partition coefficient (Wildman–Crippen LogP) is 3.42. The highest BCUT2D eigenvalue weighted by Gasteiger charge is 2.57. The summed E-state index contributed by atoms with van der Waals surface area (Å²) in [7, 11) is 1.90. The second-order valence-electron chi connectivity index (χ2n) is 8.97. The quantitative estimate of drug-likeness (QED) is 0.618. The van der Waals surface area contributed by atoms with Crippen LogP contribution in [0.4, 0.5) is 0 Å². The fourth-order valence-electron chi connectivity index (χ4n) is 5.21. The van der Waals surface area contributed by atoms with Gasteiger partial charge in [0.05, 0.1) is 23.7 Å². The largest absolute Gasteiger partial charge is 0.449 e. The van der Waals surface area contributed by atoms with E-state index in [0.717, 1.165) is 35.1 Å². The Balaban J connectivity index is 1.25. The molecule has 1 saturated carbocycles. The van der Waals surface area contributed by atoms with Crippen LogP contribution >= 0.6 is 0 Å². The molecule has 2 fully saturated rings. The van der Waals surface area contributed by atoms with Crippen molar-refractivity contribution in [2.45, 2.75) is 30.3 Å². The minimum absolute atomic E-state index is 0.152. The van der Waals surface area contributed by atoms with Crippen LogP contribution in [0.3, 0.4) is 0 Å². The smallest absolute Gasteiger partial charge is 0.339 e. The number of aryl methyl sites for hydroxylation is 1. The number of hydrogen-bond acceptors (Lipinski definition) is 4. The molecule has 1 aromatic heterocycles. The van der Waals surface area contributed by atoms with Gasteiger partial charge in [-0.2, -0.15) is 5.10 Å². The molecule has 0 bridgehead atoms. The van der Waals surface area contributed by atoms with E-state index in [1.54, 1.807) is 4.68 Å². The monoisotopic (exact) mass is 413 g/mol. The van der Waals surface area contributed by atoms with Crippen molar-refractivity contribution in [1.82, 2.24) is 14.7 Å². The number of amides is 1. The highest BCUT2D eigenvalue weighted by atomic mass is 16.6. The van der Waals surface area contributed by atoms with Gasteiger partial charge in [0.1, 0.15) is 0 Å². The fourth-order valence-corrected chi connectivity index (χ4v) is 5.21. The van der Waals surface area contributed by atoms with Crippen LogP contribution in [0.2, 0.25) is 0 Å². The minimum Gasteiger partial charge on any atom is -0.449 e. The zero-order valence-electron chi connectivity index (χ0n) is 17.4. The Bertz CT molecular complexity index is 1210. The number of nitrogens with zero attached hydrogens (tertiary/aromatic N) is 3. The molecule has 3 aromatic rings. The van der Waals surface area contributed by atoms with E-state index in [-0.39, 0.29) is 11.9 Å². The molecular formula is C25H23N3O3. The lowest BCUT2D eigenvalue weighted by atomic mass is 9.91. The number of carbonyl (C=O) groups is 2. The third-order valence-corrected chi connectivity index (χ3v) is 7.08. The van der Waals surface area contributed by atoms with Crippen LogP contribution in [0.25, 0.3) is 11.1 Å². The van der Waals surface area contributed by atoms with Crippen LogP contribution in [-0.2, 0) is 27.6 Å². The molecule has 0 unspecified atom stereocenters. The van der Waals surface area contributed by atoms with E-state index in [9.17, 15) is 9.59 Å². The van der Waals surface area contributed by atoms with Gasteiger partial charge in [0, 0.05) is 37.3 Å². The second kappa shape index (κ2) is 6.30. The molecule has 3 aliphatic rings. The van der Waals surface area contributed by atoms with Crippen LogP contribution in [0.1, 0.15) is 40.7 Å². The molecule has 6 rings (SSSR count). The molecule has 6 heteroatoms. The van der Waals surface area contributed by atoms with Crippen LogP contribution in [-0.4, -0.2) is 39.6 Å². The van der Waals surface area contributed by atoms with Gasteiger partial charge in [0.15, 0.2) is 5.60 Å². The molecule has 1 amide bonds. The molecule has 156 valence electrons. The maximum atomic E-state index is 13.6. The van der Waals surface area contributed by atoms with Gasteiger partial charge in [0.25, 0.3) is 0 Å². The number of carbonyl (C=O) groups excluding carboxylic acids is 2. The number of likely N-dealkylation sites (tertiary alicyclic amines) is 1. The lowest BCUT2D eigenvalue weighted by Gasteiger charge is -2.27. The molecule has 1 aliphatic carbocycles. The van der Waals surface area contributed by atoms with Crippen LogP contribution in [0.15, 0.2) is 60.9 Å². The summed E-state index contributed by atoms with van der Waals surface area (Å²) in [6.45, 7) is 1.04. The van der Waals surface area contributed by atoms with E-state index >= 15 is 0 Å². The van der Waals surface area contributed by atoms with Crippen LogP contribution in [0, 0.1) is 0 Å². The highest BCUT2D eigenvalue weighted by Crippen LogP contribution is 2.52. The minimum atomic E-state index is -0.691. The molecule has 1 atom stereocenters. The summed E-state index contributed by atoms with van der Waals surface area (Å²) in [4.78, 5) is 27.8. The Morgan fingerprint density at radius 1 is 1.03 bits per heavy atom. The molecule has 6 nitrogen and oxygen atoms in total. The van der Waals surface area contributed by atoms with Crippen molar-refractivity contribution in [3.63, 3.8) is 0 Å². The molecule has 0 radical (unpaired) electrons. The summed E-state index contributed by atoms with van der Waals surface area (Å²) in [6.07, 6.45) is 6.20. The Labute approximate surface area is 180 Å². The van der Waals surface area contributed by atoms with Gasteiger partial charge in [-0.05, 0) is 30.0 Å². The van der Waals surface area contributed by atoms with Crippen LogP contribution in [0.5, 0.6) is 0 Å². The summed E-state index contributed by atoms with van der Waals surface area (Å²) in [5.74, 6) is -0.129. The van der Waals surface area contributed by atoms with Crippen molar-refractivity contribution in [2.24, 2.45) is 7.05 Å². The van der Waals surface area contributed by atoms with Gasteiger partial charge in [-0.25, -0.2) is 4.79 Å². The summed E-state index contributed by atoms with van der Waals surface area (Å²) < 4.78 is 7.61. The van der Waals surface area contributed by atoms with Crippen molar-refractivity contribution >= 4 is 11.9 Å². The SMILES string of the molecule is Cn1cc(-c2ccc(C3(C(=O)N4CC[C@@]5(C4)OC(=O)c4ccccc45)CC3)cc2)cn1. The van der Waals surface area contributed by atoms with Crippen molar-refractivity contribution in [3.05, 3.63) is 77.6 Å². The molecule has 1 saturated heterocycles. The molecule has 0 N–H and O–H groups in total. The maximum Gasteiger partial charge on any atom is 0.339 e. The van der Waals surface area contributed by atoms with Gasteiger partial charge in [-0.3, -0.25) is 9.48 Å². The Morgan fingerprint density at radius 2 is 1.81 bits per heavy atom. The molecular weight excluding hydrogens is 390 g/mol. The number of aromatic nitrogens is 2. The number of hydrogen-bond donors (Lipinski definition) is 0. The Morgan fingerprint density at radius 3 is 2.52 bits per heavy atom. The van der Waals surface area contributed by atoms with Crippen molar-refractivity contribution in [2.75, 3.05) is 13.1 Å². The number of rotatable bonds is 3. The van der Waals surface area contributed by atoms with Crippen molar-refractivity contribution in [1.29, 1.82) is 0 Å². The van der Waals surface area contributed by atoms with E-state index in [4.69, 9.17) is 4.74 Å². The van der Waals surface area contributed by atoms with Gasteiger partial charge < -0.3 is 9.64 Å². The Kier molecular flexibility index (Phi) is 3.73. The summed E-state index contributed by atoms with van der Waals surface area (Å²) in [6, 6.07) is 15.8. The van der Waals surface area contributed by atoms with E-state index in [1.165, 1.54) is 0 Å². The first-order chi connectivity index (χ1) is 15.0. The highest BCUT2D eigenvalue weighted by molar-refractivity contribution is 5.96. The lowest BCUT2D eigenvalue weighted by Crippen LogP contribution is -2.40. The number of esters is 1. The van der Waals surface area contributed by atoms with E-state index in [1.807, 2.05) is 48.6 Å². The van der Waals surface area contributed by atoms with Gasteiger partial charge in [0.2, 0.25) is 5.91 Å². The average molecular weight is 413 g/mol. The molecule has 2 aliphatic heterocycles. The maximum absolute atomic E-state index is 13.6.